The topological polar surface area (TPSA) is 38.5 Å². The van der Waals surface area contributed by atoms with Crippen molar-refractivity contribution < 1.29 is 9.13 Å². The number of hydrogen-bond acceptors (Lipinski definition) is 3. The average Bonchev–Trinajstić information content (AvgIpc) is 2.39. The first-order valence-corrected chi connectivity index (χ1v) is 6.48. The van der Waals surface area contributed by atoms with Crippen molar-refractivity contribution in [3.63, 3.8) is 0 Å². The molecule has 1 atom stereocenters. The largest absolute Gasteiger partial charge is 0.381 e. The summed E-state index contributed by atoms with van der Waals surface area (Å²) >= 11 is 0. The van der Waals surface area contributed by atoms with Crippen LogP contribution in [0.25, 0.3) is 0 Å². The minimum atomic E-state index is -0.228. The van der Waals surface area contributed by atoms with Gasteiger partial charge in [0.1, 0.15) is 5.82 Å². The summed E-state index contributed by atoms with van der Waals surface area (Å²) in [6.45, 7) is 2.99. The third-order valence-corrected chi connectivity index (χ3v) is 3.46. The van der Waals surface area contributed by atoms with E-state index in [-0.39, 0.29) is 5.82 Å². The molecule has 2 N–H and O–H groups in total. The van der Waals surface area contributed by atoms with Crippen LogP contribution >= 0.6 is 0 Å². The number of hydrogen-bond donors (Lipinski definition) is 1. The molecular formula is C14H21FN2O. The molecule has 2 rings (SSSR count). The van der Waals surface area contributed by atoms with E-state index in [0.717, 1.165) is 37.4 Å². The summed E-state index contributed by atoms with van der Waals surface area (Å²) in [5.41, 5.74) is 7.55. The van der Waals surface area contributed by atoms with Crippen LogP contribution in [0.3, 0.4) is 0 Å². The average molecular weight is 252 g/mol. The maximum Gasteiger partial charge on any atom is 0.123 e. The zero-order chi connectivity index (χ0) is 13.0. The summed E-state index contributed by atoms with van der Waals surface area (Å²) in [7, 11) is 2.03. The number of nitrogens with zero attached hydrogens (tertiary/aromatic N) is 1. The molecule has 4 heteroatoms. The van der Waals surface area contributed by atoms with Gasteiger partial charge < -0.3 is 15.4 Å². The van der Waals surface area contributed by atoms with Crippen LogP contribution in [0.1, 0.15) is 18.4 Å². The summed E-state index contributed by atoms with van der Waals surface area (Å²) in [6, 6.07) is 4.81. The first kappa shape index (κ1) is 13.3. The standard InChI is InChI=1S/C14H21FN2O/c1-17(9-11-3-2-6-18-10-11)14-5-4-13(15)7-12(14)8-16/h4-5,7,11H,2-3,6,8-10,16H2,1H3. The molecule has 1 aliphatic heterocycles. The molecular weight excluding hydrogens is 231 g/mol. The summed E-state index contributed by atoms with van der Waals surface area (Å²) in [4.78, 5) is 2.15. The molecule has 1 aliphatic rings. The van der Waals surface area contributed by atoms with Crippen molar-refractivity contribution in [2.75, 3.05) is 31.7 Å². The second-order valence-corrected chi connectivity index (χ2v) is 4.94. The van der Waals surface area contributed by atoms with Gasteiger partial charge in [0.15, 0.2) is 0 Å². The minimum Gasteiger partial charge on any atom is -0.381 e. The Balaban J connectivity index is 2.05. The van der Waals surface area contributed by atoms with Gasteiger partial charge in [-0.25, -0.2) is 4.39 Å². The van der Waals surface area contributed by atoms with Gasteiger partial charge in [0.25, 0.3) is 0 Å². The normalized spacial score (nSPS) is 19.8. The molecule has 1 fully saturated rings. The Morgan fingerprint density at radius 2 is 2.33 bits per heavy atom. The van der Waals surface area contributed by atoms with E-state index in [2.05, 4.69) is 4.90 Å². The first-order valence-electron chi connectivity index (χ1n) is 6.48. The molecule has 0 spiro atoms. The van der Waals surface area contributed by atoms with Crippen LogP contribution in [-0.4, -0.2) is 26.8 Å². The van der Waals surface area contributed by atoms with E-state index >= 15 is 0 Å². The Bertz CT molecular complexity index is 391. The number of halogens is 1. The van der Waals surface area contributed by atoms with Gasteiger partial charge in [-0.15, -0.1) is 0 Å². The lowest BCUT2D eigenvalue weighted by molar-refractivity contribution is 0.0576. The second kappa shape index (κ2) is 6.16. The Morgan fingerprint density at radius 3 is 3.00 bits per heavy atom. The molecule has 0 aromatic heterocycles. The highest BCUT2D eigenvalue weighted by molar-refractivity contribution is 5.53. The molecule has 1 unspecified atom stereocenters. The zero-order valence-electron chi connectivity index (χ0n) is 10.9. The first-order chi connectivity index (χ1) is 8.70. The molecule has 0 radical (unpaired) electrons. The number of nitrogens with two attached hydrogens (primary N) is 1. The molecule has 1 saturated heterocycles. The highest BCUT2D eigenvalue weighted by Crippen LogP contribution is 2.23. The number of ether oxygens (including phenoxy) is 1. The quantitative estimate of drug-likeness (QED) is 0.892. The maximum atomic E-state index is 13.2. The highest BCUT2D eigenvalue weighted by Gasteiger charge is 2.17. The molecule has 0 saturated carbocycles. The van der Waals surface area contributed by atoms with Crippen molar-refractivity contribution in [2.24, 2.45) is 11.7 Å². The summed E-state index contributed by atoms with van der Waals surface area (Å²) < 4.78 is 18.6. The van der Waals surface area contributed by atoms with E-state index < -0.39 is 0 Å². The zero-order valence-corrected chi connectivity index (χ0v) is 10.9. The van der Waals surface area contributed by atoms with Gasteiger partial charge in [-0.3, -0.25) is 0 Å². The summed E-state index contributed by atoms with van der Waals surface area (Å²) in [6.07, 6.45) is 2.33. The minimum absolute atomic E-state index is 0.228. The molecule has 1 aromatic carbocycles. The van der Waals surface area contributed by atoms with Gasteiger partial charge >= 0.3 is 0 Å². The van der Waals surface area contributed by atoms with Crippen LogP contribution < -0.4 is 10.6 Å². The van der Waals surface area contributed by atoms with E-state index in [1.807, 2.05) is 7.05 Å². The van der Waals surface area contributed by atoms with Crippen molar-refractivity contribution in [3.8, 4) is 0 Å². The lowest BCUT2D eigenvalue weighted by atomic mass is 10.0. The number of rotatable bonds is 4. The number of anilines is 1. The van der Waals surface area contributed by atoms with Crippen LogP contribution in [0.15, 0.2) is 18.2 Å². The molecule has 1 heterocycles. The van der Waals surface area contributed by atoms with E-state index in [4.69, 9.17) is 10.5 Å². The molecule has 0 bridgehead atoms. The molecule has 1 aromatic rings. The fourth-order valence-corrected chi connectivity index (χ4v) is 2.53. The highest BCUT2D eigenvalue weighted by atomic mass is 19.1. The Morgan fingerprint density at radius 1 is 1.50 bits per heavy atom. The summed E-state index contributed by atoms with van der Waals surface area (Å²) in [5, 5.41) is 0. The van der Waals surface area contributed by atoms with Crippen molar-refractivity contribution in [1.82, 2.24) is 0 Å². The van der Waals surface area contributed by atoms with Crippen molar-refractivity contribution in [1.29, 1.82) is 0 Å². The smallest absolute Gasteiger partial charge is 0.123 e. The van der Waals surface area contributed by atoms with Crippen LogP contribution in [-0.2, 0) is 11.3 Å². The van der Waals surface area contributed by atoms with Gasteiger partial charge in [0, 0.05) is 32.4 Å². The SMILES string of the molecule is CN(CC1CCCOC1)c1ccc(F)cc1CN. The summed E-state index contributed by atoms with van der Waals surface area (Å²) in [5.74, 6) is 0.327. The fraction of sp³-hybridized carbons (Fsp3) is 0.571. The Kier molecular flexibility index (Phi) is 4.55. The van der Waals surface area contributed by atoms with Crippen molar-refractivity contribution in [3.05, 3.63) is 29.6 Å². The van der Waals surface area contributed by atoms with Crippen molar-refractivity contribution in [2.45, 2.75) is 19.4 Å². The van der Waals surface area contributed by atoms with E-state index in [9.17, 15) is 4.39 Å². The van der Waals surface area contributed by atoms with E-state index in [1.54, 1.807) is 6.07 Å². The second-order valence-electron chi connectivity index (χ2n) is 4.94. The van der Waals surface area contributed by atoms with E-state index in [0.29, 0.717) is 12.5 Å². The van der Waals surface area contributed by atoms with Crippen LogP contribution in [0.5, 0.6) is 0 Å². The Labute approximate surface area is 108 Å². The monoisotopic (exact) mass is 252 g/mol. The lowest BCUT2D eigenvalue weighted by Crippen LogP contribution is -2.31. The lowest BCUT2D eigenvalue weighted by Gasteiger charge is -2.29. The molecule has 18 heavy (non-hydrogen) atoms. The van der Waals surface area contributed by atoms with Crippen LogP contribution in [0, 0.1) is 11.7 Å². The van der Waals surface area contributed by atoms with Gasteiger partial charge in [0.05, 0.1) is 6.61 Å². The molecule has 0 amide bonds. The van der Waals surface area contributed by atoms with Crippen LogP contribution in [0.2, 0.25) is 0 Å². The van der Waals surface area contributed by atoms with Crippen LogP contribution in [0.4, 0.5) is 10.1 Å². The maximum absolute atomic E-state index is 13.2. The Hall–Kier alpha value is -1.13. The van der Waals surface area contributed by atoms with Crippen molar-refractivity contribution >= 4 is 5.69 Å². The van der Waals surface area contributed by atoms with Gasteiger partial charge in [-0.05, 0) is 42.5 Å². The number of benzene rings is 1. The predicted molar refractivity (Wildman–Crippen MR) is 71.1 cm³/mol. The van der Waals surface area contributed by atoms with Gasteiger partial charge in [-0.1, -0.05) is 0 Å². The predicted octanol–water partition coefficient (Wildman–Crippen LogP) is 2.15. The van der Waals surface area contributed by atoms with E-state index in [1.165, 1.54) is 18.6 Å². The third-order valence-electron chi connectivity index (χ3n) is 3.46. The van der Waals surface area contributed by atoms with Gasteiger partial charge in [-0.2, -0.15) is 0 Å². The fourth-order valence-electron chi connectivity index (χ4n) is 2.53. The molecule has 0 aliphatic carbocycles. The molecule has 3 nitrogen and oxygen atoms in total. The molecule has 100 valence electrons. The third kappa shape index (κ3) is 3.21. The van der Waals surface area contributed by atoms with Gasteiger partial charge in [0.2, 0.25) is 0 Å².